The second kappa shape index (κ2) is 11.2. The first-order chi connectivity index (χ1) is 16.4. The first kappa shape index (κ1) is 26.6. The van der Waals surface area contributed by atoms with Crippen molar-refractivity contribution in [2.45, 2.75) is 46.7 Å². The Kier molecular flexibility index (Phi) is 8.47. The van der Waals surface area contributed by atoms with Crippen LogP contribution in [0.25, 0.3) is 0 Å². The molecule has 0 saturated carbocycles. The highest BCUT2D eigenvalue weighted by Gasteiger charge is 2.33. The number of nitrogens with zero attached hydrogens (tertiary/aromatic N) is 2. The van der Waals surface area contributed by atoms with Gasteiger partial charge in [0.1, 0.15) is 5.75 Å². The zero-order valence-corrected chi connectivity index (χ0v) is 21.4. The highest BCUT2D eigenvalue weighted by molar-refractivity contribution is 6.32. The number of amides is 2. The summed E-state index contributed by atoms with van der Waals surface area (Å²) in [5.74, 6) is -0.286. The molecule has 9 nitrogen and oxygen atoms in total. The standard InChI is InChI=1S/C24H28Cl2N4O5/c1-14(2)35-19-10-9-17(11-18(19)26)27-21-28-22(34-13-24(3,4)20(31)32)29-23(33)30(21)12-15-5-7-16(25)8-6-15/h5-11,14,22H,12-13H2,1-4H3,(H,27,28)(H,29,33)(H,31,32). The summed E-state index contributed by atoms with van der Waals surface area (Å²) in [5.41, 5.74) is 0.239. The lowest BCUT2D eigenvalue weighted by Crippen LogP contribution is -2.55. The first-order valence-corrected chi connectivity index (χ1v) is 11.7. The molecular weight excluding hydrogens is 495 g/mol. The summed E-state index contributed by atoms with van der Waals surface area (Å²) in [6.07, 6.45) is -1.12. The molecular formula is C24H28Cl2N4O5. The maximum Gasteiger partial charge on any atom is 0.328 e. The van der Waals surface area contributed by atoms with Crippen LogP contribution in [0.2, 0.25) is 10.0 Å². The molecule has 2 aromatic rings. The summed E-state index contributed by atoms with van der Waals surface area (Å²) in [5, 5.41) is 16.1. The van der Waals surface area contributed by atoms with E-state index in [-0.39, 0.29) is 25.2 Å². The van der Waals surface area contributed by atoms with Gasteiger partial charge in [0.25, 0.3) is 0 Å². The van der Waals surface area contributed by atoms with E-state index in [4.69, 9.17) is 32.7 Å². The molecule has 35 heavy (non-hydrogen) atoms. The molecule has 0 radical (unpaired) electrons. The zero-order chi connectivity index (χ0) is 25.8. The Morgan fingerprint density at radius 3 is 2.51 bits per heavy atom. The second-order valence-corrected chi connectivity index (χ2v) is 9.75. The fourth-order valence-corrected chi connectivity index (χ4v) is 3.35. The van der Waals surface area contributed by atoms with Gasteiger partial charge in [-0.2, -0.15) is 4.99 Å². The number of hydrogen-bond acceptors (Lipinski definition) is 6. The zero-order valence-electron chi connectivity index (χ0n) is 19.8. The minimum Gasteiger partial charge on any atom is -0.489 e. The van der Waals surface area contributed by atoms with Crippen molar-refractivity contribution < 1.29 is 24.2 Å². The third-order valence-corrected chi connectivity index (χ3v) is 5.52. The lowest BCUT2D eigenvalue weighted by molar-refractivity contribution is -0.151. The number of carboxylic acid groups (broad SMARTS) is 1. The van der Waals surface area contributed by atoms with Gasteiger partial charge in [0.05, 0.1) is 29.7 Å². The number of hydrogen-bond donors (Lipinski definition) is 3. The van der Waals surface area contributed by atoms with Crippen LogP contribution < -0.4 is 15.4 Å². The third-order valence-electron chi connectivity index (χ3n) is 4.97. The number of urea groups is 1. The molecule has 0 fully saturated rings. The van der Waals surface area contributed by atoms with Crippen LogP contribution in [0.3, 0.4) is 0 Å². The van der Waals surface area contributed by atoms with E-state index < -0.39 is 23.8 Å². The average Bonchev–Trinajstić information content (AvgIpc) is 2.77. The highest BCUT2D eigenvalue weighted by Crippen LogP contribution is 2.29. The van der Waals surface area contributed by atoms with Gasteiger partial charge in [0.2, 0.25) is 12.3 Å². The highest BCUT2D eigenvalue weighted by atomic mass is 35.5. The van der Waals surface area contributed by atoms with Gasteiger partial charge in [-0.15, -0.1) is 0 Å². The van der Waals surface area contributed by atoms with Crippen LogP contribution in [0.4, 0.5) is 10.5 Å². The summed E-state index contributed by atoms with van der Waals surface area (Å²) in [7, 11) is 0. The molecule has 1 aliphatic rings. The molecule has 11 heteroatoms. The van der Waals surface area contributed by atoms with Crippen molar-refractivity contribution in [3.63, 3.8) is 0 Å². The Bertz CT molecular complexity index is 1110. The lowest BCUT2D eigenvalue weighted by atomic mass is 9.95. The number of carbonyl (C=O) groups excluding carboxylic acids is 1. The first-order valence-electron chi connectivity index (χ1n) is 10.9. The summed E-state index contributed by atoms with van der Waals surface area (Å²) in [4.78, 5) is 30.3. The Hall–Kier alpha value is -3.01. The number of rotatable bonds is 9. The largest absolute Gasteiger partial charge is 0.489 e. The predicted octanol–water partition coefficient (Wildman–Crippen LogP) is 5.18. The number of halogens is 2. The number of anilines is 1. The molecule has 1 unspecified atom stereocenters. The quantitative estimate of drug-likeness (QED) is 0.417. The summed E-state index contributed by atoms with van der Waals surface area (Å²) in [6.45, 7) is 6.90. The molecule has 0 bridgehead atoms. The molecule has 1 atom stereocenters. The van der Waals surface area contributed by atoms with Gasteiger partial charge in [-0.25, -0.2) is 4.79 Å². The van der Waals surface area contributed by atoms with Crippen molar-refractivity contribution in [1.82, 2.24) is 10.2 Å². The van der Waals surface area contributed by atoms with Crippen LogP contribution in [0, 0.1) is 5.41 Å². The van der Waals surface area contributed by atoms with E-state index in [1.54, 1.807) is 42.5 Å². The molecule has 2 amide bonds. The van der Waals surface area contributed by atoms with Crippen molar-refractivity contribution in [3.8, 4) is 5.75 Å². The minimum atomic E-state index is -1.16. The number of guanidine groups is 1. The number of aliphatic carboxylic acids is 1. The predicted molar refractivity (Wildman–Crippen MR) is 135 cm³/mol. The van der Waals surface area contributed by atoms with Gasteiger partial charge in [-0.3, -0.25) is 15.0 Å². The summed E-state index contributed by atoms with van der Waals surface area (Å²) in [6, 6.07) is 11.7. The molecule has 188 valence electrons. The van der Waals surface area contributed by atoms with Crippen LogP contribution in [-0.2, 0) is 16.1 Å². The number of ether oxygens (including phenoxy) is 2. The monoisotopic (exact) mass is 522 g/mol. The van der Waals surface area contributed by atoms with Gasteiger partial charge in [-0.05, 0) is 63.6 Å². The topological polar surface area (TPSA) is 112 Å². The summed E-state index contributed by atoms with van der Waals surface area (Å²) < 4.78 is 11.3. The molecule has 3 rings (SSSR count). The van der Waals surface area contributed by atoms with Crippen molar-refractivity contribution in [1.29, 1.82) is 0 Å². The Morgan fingerprint density at radius 2 is 1.91 bits per heavy atom. The molecule has 3 N–H and O–H groups in total. The van der Waals surface area contributed by atoms with Crippen LogP contribution in [-0.4, -0.2) is 47.0 Å². The maximum absolute atomic E-state index is 13.0. The van der Waals surface area contributed by atoms with Crippen molar-refractivity contribution in [2.75, 3.05) is 11.9 Å². The molecule has 0 spiro atoms. The molecule has 2 aromatic carbocycles. The minimum absolute atomic E-state index is 0.0412. The van der Waals surface area contributed by atoms with Gasteiger partial charge < -0.3 is 19.9 Å². The van der Waals surface area contributed by atoms with Gasteiger partial charge in [0.15, 0.2) is 0 Å². The van der Waals surface area contributed by atoms with Gasteiger partial charge >= 0.3 is 12.0 Å². The molecule has 0 aliphatic carbocycles. The fraction of sp³-hybridized carbons (Fsp3) is 0.375. The Labute approximate surface area is 214 Å². The van der Waals surface area contributed by atoms with Gasteiger partial charge in [-0.1, -0.05) is 35.3 Å². The van der Waals surface area contributed by atoms with Crippen molar-refractivity contribution in [3.05, 3.63) is 58.1 Å². The number of aliphatic imine (C=N–C) groups is 1. The van der Waals surface area contributed by atoms with Gasteiger partial charge in [0, 0.05) is 10.7 Å². The number of nitrogens with one attached hydrogen (secondary N) is 2. The Balaban J connectivity index is 1.87. The number of benzene rings is 2. The van der Waals surface area contributed by atoms with E-state index >= 15 is 0 Å². The number of carboxylic acids is 1. The normalized spacial score (nSPS) is 16.1. The van der Waals surface area contributed by atoms with Crippen LogP contribution in [0.1, 0.15) is 33.3 Å². The van der Waals surface area contributed by atoms with Crippen LogP contribution in [0.15, 0.2) is 47.5 Å². The van der Waals surface area contributed by atoms with Crippen LogP contribution >= 0.6 is 23.2 Å². The Morgan fingerprint density at radius 1 is 1.23 bits per heavy atom. The van der Waals surface area contributed by atoms with Crippen LogP contribution in [0.5, 0.6) is 5.75 Å². The number of carbonyl (C=O) groups is 2. The van der Waals surface area contributed by atoms with E-state index in [0.717, 1.165) is 5.56 Å². The summed E-state index contributed by atoms with van der Waals surface area (Å²) >= 11 is 12.3. The van der Waals surface area contributed by atoms with E-state index in [0.29, 0.717) is 21.5 Å². The molecule has 0 aromatic heterocycles. The van der Waals surface area contributed by atoms with E-state index in [2.05, 4.69) is 15.6 Å². The molecule has 0 saturated heterocycles. The maximum atomic E-state index is 13.0. The smallest absolute Gasteiger partial charge is 0.328 e. The van der Waals surface area contributed by atoms with Crippen molar-refractivity contribution >= 4 is 46.8 Å². The fourth-order valence-electron chi connectivity index (χ4n) is 3.00. The molecule has 1 heterocycles. The SMILES string of the molecule is CC(C)Oc1ccc(NC2=NC(OCC(C)(C)C(=O)O)NC(=O)N2Cc2ccc(Cl)cc2)cc1Cl. The average molecular weight is 523 g/mol. The third kappa shape index (κ3) is 7.24. The van der Waals surface area contributed by atoms with E-state index in [1.807, 2.05) is 13.8 Å². The van der Waals surface area contributed by atoms with E-state index in [1.165, 1.54) is 18.7 Å². The lowest BCUT2D eigenvalue weighted by Gasteiger charge is -2.33. The van der Waals surface area contributed by atoms with E-state index in [9.17, 15) is 14.7 Å². The second-order valence-electron chi connectivity index (χ2n) is 8.90. The molecule has 1 aliphatic heterocycles. The van der Waals surface area contributed by atoms with Crippen molar-refractivity contribution in [2.24, 2.45) is 10.4 Å².